The van der Waals surface area contributed by atoms with Gasteiger partial charge in [0, 0.05) is 6.54 Å². The van der Waals surface area contributed by atoms with E-state index in [0.717, 1.165) is 0 Å². The molecule has 0 aliphatic heterocycles. The molecule has 1 heterocycles. The third kappa shape index (κ3) is 9.13. The third-order valence-electron chi connectivity index (χ3n) is 5.01. The fraction of sp³-hybridized carbons (Fsp3) is 0.679. The van der Waals surface area contributed by atoms with Gasteiger partial charge in [-0.1, -0.05) is 6.08 Å². The van der Waals surface area contributed by atoms with E-state index in [4.69, 9.17) is 18.9 Å². The molecule has 0 spiro atoms. The van der Waals surface area contributed by atoms with E-state index in [0.29, 0.717) is 0 Å². The van der Waals surface area contributed by atoms with E-state index < -0.39 is 84.8 Å². The second kappa shape index (κ2) is 13.3. The van der Waals surface area contributed by atoms with Gasteiger partial charge in [0.05, 0.1) is 9.85 Å². The van der Waals surface area contributed by atoms with E-state index in [9.17, 15) is 39.4 Å². The number of nitro groups is 2. The lowest BCUT2D eigenvalue weighted by Gasteiger charge is -2.30. The Hall–Kier alpha value is -4.77. The number of hydrogen-bond acceptors (Lipinski definition) is 16. The van der Waals surface area contributed by atoms with E-state index in [1.807, 2.05) is 0 Å². The van der Waals surface area contributed by atoms with Gasteiger partial charge < -0.3 is 24.3 Å². The van der Waals surface area contributed by atoms with Gasteiger partial charge in [-0.05, 0) is 83.1 Å². The van der Waals surface area contributed by atoms with Gasteiger partial charge in [0.15, 0.2) is 0 Å². The van der Waals surface area contributed by atoms with Crippen molar-refractivity contribution in [3.63, 3.8) is 0 Å². The molecule has 0 aliphatic carbocycles. The van der Waals surface area contributed by atoms with E-state index in [-0.39, 0.29) is 6.54 Å². The highest BCUT2D eigenvalue weighted by atomic mass is 16.7. The molecule has 0 bridgehead atoms. The SMILES string of the molecule is C=CCNc1nc(C(C(=O)OC(C)(C)C)(C(=O)OC(C)(C)C)[N+](=O)[O-])nc(C(C(=O)OC(C)(C)C)(C(=O)OC(C)(C)C)[N+](=O)[O-])n1. The Morgan fingerprint density at radius 3 is 1.09 bits per heavy atom. The molecule has 0 saturated heterocycles. The first kappa shape index (κ1) is 39.3. The summed E-state index contributed by atoms with van der Waals surface area (Å²) in [7, 11) is 0. The van der Waals surface area contributed by atoms with Crippen LogP contribution >= 0.6 is 0 Å². The van der Waals surface area contributed by atoms with Gasteiger partial charge >= 0.3 is 35.0 Å². The standard InChI is InChI=1S/C28H42N6O12/c1-14-15-29-22-31-16(27(33(39)40,18(35)43-23(2,3)4)19(36)44-24(5,6)7)30-17(32-22)28(34(41)42,20(37)45-25(8,9)10)21(38)46-26(11,12)13/h14H,1,15H2,2-13H3,(H,29,30,31,32). The summed E-state index contributed by atoms with van der Waals surface area (Å²) in [6.07, 6.45) is 1.27. The third-order valence-corrected chi connectivity index (χ3v) is 5.01. The molecule has 256 valence electrons. The highest BCUT2D eigenvalue weighted by Gasteiger charge is 2.71. The zero-order chi connectivity index (χ0) is 36.3. The Kier molecular flexibility index (Phi) is 11.3. The quantitative estimate of drug-likeness (QED) is 0.0900. The van der Waals surface area contributed by atoms with Gasteiger partial charge in [-0.15, -0.1) is 6.58 Å². The van der Waals surface area contributed by atoms with Crippen LogP contribution in [0.3, 0.4) is 0 Å². The average Bonchev–Trinajstić information content (AvgIpc) is 2.78. The van der Waals surface area contributed by atoms with Crippen LogP contribution in [0.25, 0.3) is 0 Å². The molecule has 18 heteroatoms. The van der Waals surface area contributed by atoms with Crippen LogP contribution in [0.5, 0.6) is 0 Å². The zero-order valence-corrected chi connectivity index (χ0v) is 28.1. The van der Waals surface area contributed by atoms with Crippen molar-refractivity contribution >= 4 is 29.8 Å². The Morgan fingerprint density at radius 2 is 0.891 bits per heavy atom. The second-order valence-corrected chi connectivity index (χ2v) is 13.9. The maximum atomic E-state index is 13.7. The fourth-order valence-corrected chi connectivity index (χ4v) is 3.34. The van der Waals surface area contributed by atoms with Crippen LogP contribution in [0.1, 0.15) is 94.7 Å². The van der Waals surface area contributed by atoms with Crippen LogP contribution in [0.15, 0.2) is 12.7 Å². The highest BCUT2D eigenvalue weighted by Crippen LogP contribution is 2.35. The number of carbonyl (C=O) groups excluding carboxylic acids is 4. The summed E-state index contributed by atoms with van der Waals surface area (Å²) in [6, 6.07) is 0. The molecule has 0 aromatic carbocycles. The van der Waals surface area contributed by atoms with Crippen molar-refractivity contribution in [2.75, 3.05) is 11.9 Å². The lowest BCUT2D eigenvalue weighted by Crippen LogP contribution is -2.58. The number of nitrogens with zero attached hydrogens (tertiary/aromatic N) is 5. The van der Waals surface area contributed by atoms with Crippen LogP contribution in [-0.2, 0) is 49.2 Å². The topological polar surface area (TPSA) is 242 Å². The molecule has 0 amide bonds. The van der Waals surface area contributed by atoms with Crippen LogP contribution in [-0.4, -0.2) is 77.6 Å². The zero-order valence-electron chi connectivity index (χ0n) is 28.1. The fourth-order valence-electron chi connectivity index (χ4n) is 3.34. The number of nitrogens with one attached hydrogen (secondary N) is 1. The van der Waals surface area contributed by atoms with Crippen molar-refractivity contribution in [3.8, 4) is 0 Å². The number of ether oxygens (including phenoxy) is 4. The predicted molar refractivity (Wildman–Crippen MR) is 159 cm³/mol. The summed E-state index contributed by atoms with van der Waals surface area (Å²) in [5.74, 6) is -10.9. The minimum Gasteiger partial charge on any atom is -0.454 e. The van der Waals surface area contributed by atoms with Crippen molar-refractivity contribution in [2.45, 2.75) is 117 Å². The Morgan fingerprint density at radius 1 is 0.630 bits per heavy atom. The average molecular weight is 655 g/mol. The van der Waals surface area contributed by atoms with Crippen molar-refractivity contribution < 1.29 is 48.0 Å². The largest absolute Gasteiger partial charge is 0.468 e. The monoisotopic (exact) mass is 654 g/mol. The number of hydrogen-bond donors (Lipinski definition) is 1. The summed E-state index contributed by atoms with van der Waals surface area (Å²) < 4.78 is 21.0. The van der Waals surface area contributed by atoms with E-state index in [2.05, 4.69) is 26.8 Å². The molecule has 0 unspecified atom stereocenters. The lowest BCUT2D eigenvalue weighted by molar-refractivity contribution is -0.555. The van der Waals surface area contributed by atoms with Crippen molar-refractivity contribution in [3.05, 3.63) is 44.5 Å². The summed E-state index contributed by atoms with van der Waals surface area (Å²) >= 11 is 0. The maximum Gasteiger partial charge on any atom is 0.468 e. The predicted octanol–water partition coefficient (Wildman–Crippen LogP) is 2.78. The number of esters is 4. The Bertz CT molecular complexity index is 1250. The van der Waals surface area contributed by atoms with Crippen LogP contribution in [0, 0.1) is 20.2 Å². The molecular formula is C28H42N6O12. The minimum absolute atomic E-state index is 0.183. The molecule has 1 aromatic heterocycles. The van der Waals surface area contributed by atoms with E-state index >= 15 is 0 Å². The minimum atomic E-state index is -3.76. The molecule has 0 atom stereocenters. The van der Waals surface area contributed by atoms with Gasteiger partial charge in [0.25, 0.3) is 0 Å². The molecule has 1 N–H and O–H groups in total. The summed E-state index contributed by atoms with van der Waals surface area (Å²) in [4.78, 5) is 89.2. The van der Waals surface area contributed by atoms with Gasteiger partial charge in [-0.2, -0.15) is 9.97 Å². The van der Waals surface area contributed by atoms with E-state index in [1.54, 1.807) is 0 Å². The number of aromatic nitrogens is 3. The van der Waals surface area contributed by atoms with Crippen molar-refractivity contribution in [1.82, 2.24) is 15.0 Å². The second-order valence-electron chi connectivity index (χ2n) is 13.9. The first-order valence-electron chi connectivity index (χ1n) is 13.9. The first-order chi connectivity index (χ1) is 20.5. The summed E-state index contributed by atoms with van der Waals surface area (Å²) in [6.45, 7) is 19.5. The molecule has 0 saturated carbocycles. The number of anilines is 1. The Balaban J connectivity index is 4.58. The lowest BCUT2D eigenvalue weighted by atomic mass is 9.95. The van der Waals surface area contributed by atoms with Gasteiger partial charge in [0.1, 0.15) is 22.4 Å². The molecule has 0 aliphatic rings. The summed E-state index contributed by atoms with van der Waals surface area (Å²) in [5.41, 5.74) is -13.2. The summed E-state index contributed by atoms with van der Waals surface area (Å²) in [5, 5.41) is 28.3. The van der Waals surface area contributed by atoms with Crippen LogP contribution < -0.4 is 5.32 Å². The van der Waals surface area contributed by atoms with E-state index in [1.165, 1.54) is 89.2 Å². The van der Waals surface area contributed by atoms with Gasteiger partial charge in [-0.3, -0.25) is 20.2 Å². The molecule has 0 radical (unpaired) electrons. The molecule has 46 heavy (non-hydrogen) atoms. The molecule has 0 fully saturated rings. The van der Waals surface area contributed by atoms with Crippen molar-refractivity contribution in [1.29, 1.82) is 0 Å². The number of carbonyl (C=O) groups is 4. The first-order valence-corrected chi connectivity index (χ1v) is 13.9. The normalized spacial score (nSPS) is 12.8. The van der Waals surface area contributed by atoms with Crippen LogP contribution in [0.4, 0.5) is 5.95 Å². The van der Waals surface area contributed by atoms with Gasteiger partial charge in [-0.25, -0.2) is 24.2 Å². The maximum absolute atomic E-state index is 13.7. The molecular weight excluding hydrogens is 612 g/mol. The molecule has 18 nitrogen and oxygen atoms in total. The molecule has 1 aromatic rings. The number of rotatable bonds is 11. The Labute approximate surface area is 265 Å². The van der Waals surface area contributed by atoms with Crippen LogP contribution in [0.2, 0.25) is 0 Å². The molecule has 1 rings (SSSR count). The van der Waals surface area contributed by atoms with Crippen molar-refractivity contribution in [2.24, 2.45) is 0 Å². The highest BCUT2D eigenvalue weighted by molar-refractivity contribution is 6.05. The van der Waals surface area contributed by atoms with Gasteiger partial charge in [0.2, 0.25) is 17.6 Å². The smallest absolute Gasteiger partial charge is 0.454 e.